The fourth-order valence-corrected chi connectivity index (χ4v) is 4.67. The van der Waals surface area contributed by atoms with Crippen LogP contribution < -0.4 is 0 Å². The van der Waals surface area contributed by atoms with Gasteiger partial charge in [0, 0.05) is 24.3 Å². The van der Waals surface area contributed by atoms with Gasteiger partial charge in [0.1, 0.15) is 17.5 Å². The summed E-state index contributed by atoms with van der Waals surface area (Å²) in [5.74, 6) is 0.0932. The molecule has 5 nitrogen and oxygen atoms in total. The zero-order chi connectivity index (χ0) is 19.1. The Morgan fingerprint density at radius 3 is 2.81 bits per heavy atom. The van der Waals surface area contributed by atoms with E-state index in [0.717, 1.165) is 25.0 Å². The highest BCUT2D eigenvalue weighted by Gasteiger charge is 2.49. The predicted octanol–water partition coefficient (Wildman–Crippen LogP) is 3.62. The monoisotopic (exact) mass is 362 g/mol. The average Bonchev–Trinajstić information content (AvgIpc) is 2.93. The minimum Gasteiger partial charge on any atom is -0.491 e. The molecule has 1 aliphatic heterocycles. The smallest absolute Gasteiger partial charge is 0.306 e. The molecule has 2 aliphatic carbocycles. The molecule has 1 heterocycles. The number of carboxylic acids is 1. The first-order valence-electron chi connectivity index (χ1n) is 9.79. The lowest BCUT2D eigenvalue weighted by Gasteiger charge is -2.43. The number of fused-ring (bicyclic) bond motifs is 1. The number of ether oxygens (including phenoxy) is 1. The quantitative estimate of drug-likeness (QED) is 0.705. The third-order valence-electron chi connectivity index (χ3n) is 6.49. The maximum absolute atomic E-state index is 12.4. The number of carbonyl (C=O) groups is 2. The zero-order valence-electron chi connectivity index (χ0n) is 16.0. The van der Waals surface area contributed by atoms with E-state index in [1.807, 2.05) is 0 Å². The van der Waals surface area contributed by atoms with Gasteiger partial charge in [-0.25, -0.2) is 0 Å². The van der Waals surface area contributed by atoms with Crippen molar-refractivity contribution in [2.24, 2.45) is 17.8 Å². The van der Waals surface area contributed by atoms with Crippen LogP contribution in [-0.4, -0.2) is 33.7 Å². The van der Waals surface area contributed by atoms with Gasteiger partial charge in [0.25, 0.3) is 0 Å². The van der Waals surface area contributed by atoms with E-state index < -0.39 is 12.1 Å². The second-order valence-electron chi connectivity index (χ2n) is 8.47. The van der Waals surface area contributed by atoms with E-state index in [0.29, 0.717) is 37.2 Å². The number of Topliss-reactive ketones (excluding diaryl/α,β-unsaturated/α-hetero) is 1. The lowest BCUT2D eigenvalue weighted by molar-refractivity contribution is -0.141. The summed E-state index contributed by atoms with van der Waals surface area (Å²) in [6.07, 6.45) is 6.48. The van der Waals surface area contributed by atoms with Gasteiger partial charge in [-0.1, -0.05) is 31.9 Å². The number of carbonyl (C=O) groups excluding carboxylic acids is 1. The van der Waals surface area contributed by atoms with Crippen LogP contribution >= 0.6 is 0 Å². The Balaban J connectivity index is 1.67. The van der Waals surface area contributed by atoms with Crippen LogP contribution in [0.1, 0.15) is 65.7 Å². The maximum atomic E-state index is 12.4. The standard InChI is InChI=1S/C21H30O5/c1-12(5-4-6-13(2)20(24)25)14-9-10-21(3)16(14)11-15-18(26-21)8-7-17(22)19(15)23/h9,12-13,16-17,22H,4-8,10-11H2,1-3H3,(H,24,25)/t12-,13+,16-,17+,21+/m1/s1. The first kappa shape index (κ1) is 19.2. The van der Waals surface area contributed by atoms with Crippen LogP contribution in [0, 0.1) is 17.8 Å². The lowest BCUT2D eigenvalue weighted by Crippen LogP contribution is -2.43. The predicted molar refractivity (Wildman–Crippen MR) is 97.4 cm³/mol. The van der Waals surface area contributed by atoms with Gasteiger partial charge < -0.3 is 14.9 Å². The number of aliphatic carboxylic acids is 1. The van der Waals surface area contributed by atoms with E-state index in [1.54, 1.807) is 6.92 Å². The van der Waals surface area contributed by atoms with Gasteiger partial charge in [-0.2, -0.15) is 0 Å². The molecule has 0 saturated heterocycles. The van der Waals surface area contributed by atoms with Crippen LogP contribution in [0.4, 0.5) is 0 Å². The molecular formula is C21H30O5. The Hall–Kier alpha value is -1.62. The van der Waals surface area contributed by atoms with E-state index in [1.165, 1.54) is 5.57 Å². The number of allylic oxidation sites excluding steroid dienone is 1. The van der Waals surface area contributed by atoms with Gasteiger partial charge in [0.2, 0.25) is 0 Å². The number of hydrogen-bond acceptors (Lipinski definition) is 4. The zero-order valence-corrected chi connectivity index (χ0v) is 16.0. The molecule has 0 unspecified atom stereocenters. The highest BCUT2D eigenvalue weighted by molar-refractivity contribution is 6.00. The summed E-state index contributed by atoms with van der Waals surface area (Å²) in [7, 11) is 0. The minimum absolute atomic E-state index is 0.164. The van der Waals surface area contributed by atoms with Gasteiger partial charge in [-0.15, -0.1) is 0 Å². The van der Waals surface area contributed by atoms with Crippen molar-refractivity contribution in [3.63, 3.8) is 0 Å². The van der Waals surface area contributed by atoms with E-state index in [2.05, 4.69) is 19.9 Å². The third kappa shape index (κ3) is 3.46. The van der Waals surface area contributed by atoms with Gasteiger partial charge in [-0.3, -0.25) is 9.59 Å². The van der Waals surface area contributed by atoms with Crippen molar-refractivity contribution < 1.29 is 24.5 Å². The Morgan fingerprint density at radius 2 is 2.12 bits per heavy atom. The number of aliphatic hydroxyl groups excluding tert-OH is 1. The van der Waals surface area contributed by atoms with E-state index >= 15 is 0 Å². The molecule has 0 amide bonds. The summed E-state index contributed by atoms with van der Waals surface area (Å²) in [6.45, 7) is 6.06. The summed E-state index contributed by atoms with van der Waals surface area (Å²) < 4.78 is 6.29. The average molecular weight is 362 g/mol. The molecule has 0 radical (unpaired) electrons. The molecule has 0 aromatic heterocycles. The normalized spacial score (nSPS) is 33.1. The van der Waals surface area contributed by atoms with Gasteiger partial charge >= 0.3 is 5.97 Å². The van der Waals surface area contributed by atoms with Gasteiger partial charge in [0.05, 0.1) is 5.92 Å². The second-order valence-corrected chi connectivity index (χ2v) is 8.47. The Bertz CT molecular complexity index is 661. The van der Waals surface area contributed by atoms with Crippen molar-refractivity contribution in [3.05, 3.63) is 23.0 Å². The third-order valence-corrected chi connectivity index (χ3v) is 6.49. The van der Waals surface area contributed by atoms with Crippen molar-refractivity contribution >= 4 is 11.8 Å². The number of rotatable bonds is 6. The fourth-order valence-electron chi connectivity index (χ4n) is 4.67. The van der Waals surface area contributed by atoms with Crippen LogP contribution in [0.25, 0.3) is 0 Å². The van der Waals surface area contributed by atoms with Crippen LogP contribution in [0.15, 0.2) is 23.0 Å². The number of hydrogen-bond donors (Lipinski definition) is 2. The Morgan fingerprint density at radius 1 is 1.38 bits per heavy atom. The molecule has 26 heavy (non-hydrogen) atoms. The van der Waals surface area contributed by atoms with E-state index in [4.69, 9.17) is 9.84 Å². The Kier molecular flexibility index (Phi) is 5.29. The molecule has 0 aromatic rings. The molecule has 0 saturated carbocycles. The summed E-state index contributed by atoms with van der Waals surface area (Å²) >= 11 is 0. The van der Waals surface area contributed by atoms with Crippen molar-refractivity contribution in [3.8, 4) is 0 Å². The lowest BCUT2D eigenvalue weighted by atomic mass is 9.73. The first-order valence-corrected chi connectivity index (χ1v) is 9.79. The highest BCUT2D eigenvalue weighted by Crippen LogP contribution is 2.51. The van der Waals surface area contributed by atoms with Gasteiger partial charge in [-0.05, 0) is 38.5 Å². The molecular weight excluding hydrogens is 332 g/mol. The van der Waals surface area contributed by atoms with Crippen LogP contribution in [0.3, 0.4) is 0 Å². The second kappa shape index (κ2) is 7.18. The highest BCUT2D eigenvalue weighted by atomic mass is 16.5. The molecule has 144 valence electrons. The molecule has 3 rings (SSSR count). The van der Waals surface area contributed by atoms with E-state index in [9.17, 15) is 14.7 Å². The van der Waals surface area contributed by atoms with Crippen molar-refractivity contribution in [1.29, 1.82) is 0 Å². The topological polar surface area (TPSA) is 83.8 Å². The number of carboxylic acid groups (broad SMARTS) is 1. The SMILES string of the molecule is C[C@H](CCC[C@H](C)C(=O)O)C1=CC[C@]2(C)OC3=C(C[C@H]12)C(=O)[C@@H](O)CC3. The molecule has 5 heteroatoms. The molecule has 5 atom stereocenters. The Labute approximate surface area is 155 Å². The summed E-state index contributed by atoms with van der Waals surface area (Å²) in [5, 5.41) is 18.9. The van der Waals surface area contributed by atoms with Crippen molar-refractivity contribution in [1.82, 2.24) is 0 Å². The summed E-state index contributed by atoms with van der Waals surface area (Å²) in [4.78, 5) is 23.3. The van der Waals surface area contributed by atoms with Gasteiger partial charge in [0.15, 0.2) is 5.78 Å². The summed E-state index contributed by atoms with van der Waals surface area (Å²) in [5.41, 5.74) is 1.72. The summed E-state index contributed by atoms with van der Waals surface area (Å²) in [6, 6.07) is 0. The molecule has 0 fully saturated rings. The molecule has 0 bridgehead atoms. The largest absolute Gasteiger partial charge is 0.491 e. The first-order chi connectivity index (χ1) is 12.2. The maximum Gasteiger partial charge on any atom is 0.306 e. The molecule has 2 N–H and O–H groups in total. The number of aliphatic hydroxyl groups is 1. The fraction of sp³-hybridized carbons (Fsp3) is 0.714. The van der Waals surface area contributed by atoms with Crippen molar-refractivity contribution in [2.45, 2.75) is 77.4 Å². The number of ketones is 1. The molecule has 3 aliphatic rings. The van der Waals surface area contributed by atoms with Crippen LogP contribution in [0.5, 0.6) is 0 Å². The van der Waals surface area contributed by atoms with Crippen LogP contribution in [0.2, 0.25) is 0 Å². The van der Waals surface area contributed by atoms with Crippen molar-refractivity contribution in [2.75, 3.05) is 0 Å². The molecule has 0 aromatic carbocycles. The minimum atomic E-state index is -0.884. The van der Waals surface area contributed by atoms with E-state index in [-0.39, 0.29) is 23.2 Å². The molecule has 0 spiro atoms. The van der Waals surface area contributed by atoms with Crippen LogP contribution in [-0.2, 0) is 14.3 Å².